The first-order valence-electron chi connectivity index (χ1n) is 7.27. The standard InChI is InChI=1S/C15H19N3O2S/c1-2-20-9-6-7-12-13(8-9)21-15(17-12)18-14(19)10-4-3-5-11(10)16/h6-8,10-11H,2-5,16H2,1H3,(H,17,18,19). The Hall–Kier alpha value is -1.66. The highest BCUT2D eigenvalue weighted by molar-refractivity contribution is 7.22. The van der Waals surface area contributed by atoms with Crippen LogP contribution in [-0.2, 0) is 4.79 Å². The van der Waals surface area contributed by atoms with Gasteiger partial charge >= 0.3 is 0 Å². The van der Waals surface area contributed by atoms with E-state index in [4.69, 9.17) is 10.5 Å². The molecule has 0 saturated heterocycles. The van der Waals surface area contributed by atoms with E-state index in [1.165, 1.54) is 11.3 Å². The van der Waals surface area contributed by atoms with Crippen molar-refractivity contribution in [2.75, 3.05) is 11.9 Å². The second-order valence-electron chi connectivity index (χ2n) is 5.27. The molecular weight excluding hydrogens is 286 g/mol. The first kappa shape index (κ1) is 14.3. The number of amides is 1. The van der Waals surface area contributed by atoms with Crippen LogP contribution in [-0.4, -0.2) is 23.5 Å². The fourth-order valence-electron chi connectivity index (χ4n) is 2.73. The summed E-state index contributed by atoms with van der Waals surface area (Å²) in [7, 11) is 0. The van der Waals surface area contributed by atoms with Crippen LogP contribution >= 0.6 is 11.3 Å². The van der Waals surface area contributed by atoms with Gasteiger partial charge in [0.15, 0.2) is 5.13 Å². The Morgan fingerprint density at radius 3 is 3.10 bits per heavy atom. The van der Waals surface area contributed by atoms with Gasteiger partial charge in [-0.2, -0.15) is 0 Å². The van der Waals surface area contributed by atoms with Crippen molar-refractivity contribution in [1.29, 1.82) is 0 Å². The quantitative estimate of drug-likeness (QED) is 0.910. The van der Waals surface area contributed by atoms with E-state index in [0.717, 1.165) is 35.2 Å². The summed E-state index contributed by atoms with van der Waals surface area (Å²) in [5, 5.41) is 3.53. The van der Waals surface area contributed by atoms with Gasteiger partial charge in [-0.1, -0.05) is 17.8 Å². The number of nitrogens with one attached hydrogen (secondary N) is 1. The summed E-state index contributed by atoms with van der Waals surface area (Å²) in [5.41, 5.74) is 6.84. The fourth-order valence-corrected chi connectivity index (χ4v) is 3.62. The molecule has 3 N–H and O–H groups in total. The van der Waals surface area contributed by atoms with Crippen molar-refractivity contribution in [3.8, 4) is 5.75 Å². The molecule has 1 aromatic heterocycles. The molecule has 0 radical (unpaired) electrons. The molecule has 1 aliphatic carbocycles. The Labute approximate surface area is 127 Å². The van der Waals surface area contributed by atoms with Gasteiger partial charge in [0.25, 0.3) is 0 Å². The van der Waals surface area contributed by atoms with Gasteiger partial charge in [-0.15, -0.1) is 0 Å². The predicted molar refractivity (Wildman–Crippen MR) is 84.7 cm³/mol. The minimum absolute atomic E-state index is 0.0101. The average molecular weight is 305 g/mol. The number of hydrogen-bond acceptors (Lipinski definition) is 5. The number of anilines is 1. The molecule has 1 aliphatic rings. The number of carbonyl (C=O) groups is 1. The van der Waals surface area contributed by atoms with Crippen molar-refractivity contribution in [2.24, 2.45) is 11.7 Å². The number of fused-ring (bicyclic) bond motifs is 1. The molecule has 1 heterocycles. The van der Waals surface area contributed by atoms with Crippen molar-refractivity contribution in [1.82, 2.24) is 4.98 Å². The van der Waals surface area contributed by atoms with Gasteiger partial charge < -0.3 is 15.8 Å². The molecule has 2 atom stereocenters. The lowest BCUT2D eigenvalue weighted by Gasteiger charge is -2.13. The number of aromatic nitrogens is 1. The summed E-state index contributed by atoms with van der Waals surface area (Å²) in [6, 6.07) is 5.73. The third-order valence-electron chi connectivity index (χ3n) is 3.81. The van der Waals surface area contributed by atoms with Gasteiger partial charge in [-0.3, -0.25) is 4.79 Å². The molecule has 21 heavy (non-hydrogen) atoms. The zero-order chi connectivity index (χ0) is 14.8. The monoisotopic (exact) mass is 305 g/mol. The molecule has 1 fully saturated rings. The lowest BCUT2D eigenvalue weighted by molar-refractivity contribution is -0.120. The van der Waals surface area contributed by atoms with Crippen LogP contribution in [0.15, 0.2) is 18.2 Å². The minimum Gasteiger partial charge on any atom is -0.494 e. The van der Waals surface area contributed by atoms with Gasteiger partial charge in [0, 0.05) is 6.04 Å². The van der Waals surface area contributed by atoms with Gasteiger partial charge in [0.05, 0.1) is 22.7 Å². The van der Waals surface area contributed by atoms with Crippen molar-refractivity contribution in [3.05, 3.63) is 18.2 Å². The number of carbonyl (C=O) groups excluding carboxylic acids is 1. The number of nitrogens with zero attached hydrogens (tertiary/aromatic N) is 1. The lowest BCUT2D eigenvalue weighted by Crippen LogP contribution is -2.34. The molecule has 6 heteroatoms. The Morgan fingerprint density at radius 1 is 1.52 bits per heavy atom. The lowest BCUT2D eigenvalue weighted by atomic mass is 10.0. The molecule has 0 spiro atoms. The van der Waals surface area contributed by atoms with Crippen LogP contribution in [0.1, 0.15) is 26.2 Å². The molecule has 0 aliphatic heterocycles. The highest BCUT2D eigenvalue weighted by Gasteiger charge is 2.30. The van der Waals surface area contributed by atoms with E-state index in [1.807, 2.05) is 25.1 Å². The molecule has 1 saturated carbocycles. The zero-order valence-electron chi connectivity index (χ0n) is 12.0. The normalized spacial score (nSPS) is 21.6. The third-order valence-corrected chi connectivity index (χ3v) is 4.74. The smallest absolute Gasteiger partial charge is 0.230 e. The van der Waals surface area contributed by atoms with E-state index in [-0.39, 0.29) is 17.9 Å². The fraction of sp³-hybridized carbons (Fsp3) is 0.467. The molecule has 0 bridgehead atoms. The summed E-state index contributed by atoms with van der Waals surface area (Å²) >= 11 is 1.46. The second-order valence-corrected chi connectivity index (χ2v) is 6.30. The van der Waals surface area contributed by atoms with Crippen molar-refractivity contribution >= 4 is 32.6 Å². The number of hydrogen-bond donors (Lipinski definition) is 2. The van der Waals surface area contributed by atoms with E-state index in [2.05, 4.69) is 10.3 Å². The van der Waals surface area contributed by atoms with Gasteiger partial charge in [0.1, 0.15) is 5.75 Å². The molecule has 2 unspecified atom stereocenters. The van der Waals surface area contributed by atoms with Crippen LogP contribution < -0.4 is 15.8 Å². The number of benzene rings is 1. The molecule has 5 nitrogen and oxygen atoms in total. The SMILES string of the molecule is CCOc1ccc2nc(NC(=O)C3CCCC3N)sc2c1. The molecular formula is C15H19N3O2S. The highest BCUT2D eigenvalue weighted by Crippen LogP contribution is 2.31. The Bertz CT molecular complexity index is 655. The van der Waals surface area contributed by atoms with E-state index in [9.17, 15) is 4.79 Å². The van der Waals surface area contributed by atoms with Crippen LogP contribution in [0, 0.1) is 5.92 Å². The molecule has 2 aromatic rings. The summed E-state index contributed by atoms with van der Waals surface area (Å²) in [6.07, 6.45) is 2.82. The first-order valence-corrected chi connectivity index (χ1v) is 8.09. The maximum atomic E-state index is 12.2. The maximum absolute atomic E-state index is 12.2. The van der Waals surface area contributed by atoms with E-state index in [1.54, 1.807) is 0 Å². The minimum atomic E-state index is -0.0870. The predicted octanol–water partition coefficient (Wildman–Crippen LogP) is 2.76. The summed E-state index contributed by atoms with van der Waals surface area (Å²) < 4.78 is 6.48. The molecule has 112 valence electrons. The van der Waals surface area contributed by atoms with Crippen LogP contribution in [0.5, 0.6) is 5.75 Å². The van der Waals surface area contributed by atoms with Crippen molar-refractivity contribution in [3.63, 3.8) is 0 Å². The van der Waals surface area contributed by atoms with Gasteiger partial charge in [0.2, 0.25) is 5.91 Å². The topological polar surface area (TPSA) is 77.2 Å². The van der Waals surface area contributed by atoms with Crippen molar-refractivity contribution in [2.45, 2.75) is 32.2 Å². The van der Waals surface area contributed by atoms with E-state index < -0.39 is 0 Å². The zero-order valence-corrected chi connectivity index (χ0v) is 12.8. The maximum Gasteiger partial charge on any atom is 0.230 e. The van der Waals surface area contributed by atoms with Gasteiger partial charge in [-0.25, -0.2) is 4.98 Å². The number of rotatable bonds is 4. The third kappa shape index (κ3) is 3.01. The summed E-state index contributed by atoms with van der Waals surface area (Å²) in [4.78, 5) is 16.7. The summed E-state index contributed by atoms with van der Waals surface area (Å²) in [6.45, 7) is 2.58. The Kier molecular flexibility index (Phi) is 4.07. The Morgan fingerprint density at radius 2 is 2.38 bits per heavy atom. The summed E-state index contributed by atoms with van der Waals surface area (Å²) in [5.74, 6) is 0.726. The number of nitrogens with two attached hydrogens (primary N) is 1. The van der Waals surface area contributed by atoms with E-state index in [0.29, 0.717) is 11.7 Å². The van der Waals surface area contributed by atoms with Crippen LogP contribution in [0.4, 0.5) is 5.13 Å². The molecule has 3 rings (SSSR count). The number of ether oxygens (including phenoxy) is 1. The highest BCUT2D eigenvalue weighted by atomic mass is 32.1. The average Bonchev–Trinajstić information content (AvgIpc) is 3.04. The number of thiazole rings is 1. The van der Waals surface area contributed by atoms with Gasteiger partial charge in [-0.05, 0) is 38.0 Å². The van der Waals surface area contributed by atoms with Crippen LogP contribution in [0.2, 0.25) is 0 Å². The van der Waals surface area contributed by atoms with Crippen LogP contribution in [0.3, 0.4) is 0 Å². The molecule has 1 amide bonds. The second kappa shape index (κ2) is 5.99. The van der Waals surface area contributed by atoms with Crippen LogP contribution in [0.25, 0.3) is 10.2 Å². The molecule has 1 aromatic carbocycles. The Balaban J connectivity index is 1.76. The first-order chi connectivity index (χ1) is 10.2. The largest absolute Gasteiger partial charge is 0.494 e. The van der Waals surface area contributed by atoms with Crippen molar-refractivity contribution < 1.29 is 9.53 Å². The van der Waals surface area contributed by atoms with E-state index >= 15 is 0 Å².